The number of carbonyl (C=O) groups is 1. The lowest BCUT2D eigenvalue weighted by Gasteiger charge is -2.42. The zero-order valence-electron chi connectivity index (χ0n) is 12.6. The second-order valence-electron chi connectivity index (χ2n) is 5.91. The first-order valence-corrected chi connectivity index (χ1v) is 7.11. The number of nitrogens with zero attached hydrogens (tertiary/aromatic N) is 1. The lowest BCUT2D eigenvalue weighted by molar-refractivity contribution is -0.147. The Kier molecular flexibility index (Phi) is 6.23. The Labute approximate surface area is 116 Å². The van der Waals surface area contributed by atoms with Gasteiger partial charge in [0.05, 0.1) is 6.61 Å². The molecule has 0 amide bonds. The van der Waals surface area contributed by atoms with Crippen LogP contribution in [0.2, 0.25) is 0 Å². The summed E-state index contributed by atoms with van der Waals surface area (Å²) in [4.78, 5) is 13.9. The predicted molar refractivity (Wildman–Crippen MR) is 75.4 cm³/mol. The van der Waals surface area contributed by atoms with Gasteiger partial charge in [-0.1, -0.05) is 0 Å². The van der Waals surface area contributed by atoms with Crippen LogP contribution in [0.4, 0.5) is 0 Å². The summed E-state index contributed by atoms with van der Waals surface area (Å²) in [6, 6.07) is 0.491. The maximum atomic E-state index is 11.7. The fourth-order valence-electron chi connectivity index (χ4n) is 2.98. The van der Waals surface area contributed by atoms with Gasteiger partial charge in [0.1, 0.15) is 5.54 Å². The molecule has 2 N–H and O–H groups in total. The van der Waals surface area contributed by atoms with E-state index in [0.29, 0.717) is 19.1 Å². The van der Waals surface area contributed by atoms with E-state index in [-0.39, 0.29) is 6.04 Å². The van der Waals surface area contributed by atoms with Crippen molar-refractivity contribution in [2.24, 2.45) is 0 Å². The van der Waals surface area contributed by atoms with Gasteiger partial charge >= 0.3 is 5.97 Å². The lowest BCUT2D eigenvalue weighted by atomic mass is 9.78. The van der Waals surface area contributed by atoms with Crippen LogP contribution in [-0.2, 0) is 9.53 Å². The van der Waals surface area contributed by atoms with Gasteiger partial charge in [0.15, 0.2) is 0 Å². The van der Waals surface area contributed by atoms with E-state index in [4.69, 9.17) is 4.74 Å². The number of aliphatic carboxylic acids is 1. The van der Waals surface area contributed by atoms with E-state index in [1.165, 1.54) is 0 Å². The fraction of sp³-hybridized carbons (Fsp3) is 0.929. The zero-order valence-corrected chi connectivity index (χ0v) is 12.6. The summed E-state index contributed by atoms with van der Waals surface area (Å²) >= 11 is 0. The van der Waals surface area contributed by atoms with E-state index in [1.807, 2.05) is 13.8 Å². The van der Waals surface area contributed by atoms with Gasteiger partial charge in [-0.15, -0.1) is 0 Å². The van der Waals surface area contributed by atoms with Gasteiger partial charge in [-0.3, -0.25) is 10.1 Å². The van der Waals surface area contributed by atoms with Gasteiger partial charge in [-0.25, -0.2) is 0 Å². The first kappa shape index (κ1) is 16.4. The first-order chi connectivity index (χ1) is 8.91. The molecule has 0 radical (unpaired) electrons. The van der Waals surface area contributed by atoms with Crippen LogP contribution in [0.15, 0.2) is 0 Å². The molecule has 2 unspecified atom stereocenters. The minimum atomic E-state index is -0.765. The molecule has 0 spiro atoms. The van der Waals surface area contributed by atoms with Crippen LogP contribution in [0.25, 0.3) is 0 Å². The van der Waals surface area contributed by atoms with Gasteiger partial charge in [-0.2, -0.15) is 0 Å². The molecule has 1 aliphatic carbocycles. The molecule has 0 aromatic carbocycles. The normalized spacial score (nSPS) is 28.0. The molecule has 0 aromatic heterocycles. The van der Waals surface area contributed by atoms with E-state index in [1.54, 1.807) is 7.11 Å². The van der Waals surface area contributed by atoms with Crippen LogP contribution in [0.1, 0.15) is 39.5 Å². The second-order valence-corrected chi connectivity index (χ2v) is 5.91. The van der Waals surface area contributed by atoms with Crippen molar-refractivity contribution in [2.75, 3.05) is 27.3 Å². The van der Waals surface area contributed by atoms with E-state index < -0.39 is 11.5 Å². The summed E-state index contributed by atoms with van der Waals surface area (Å²) < 4.78 is 5.09. The van der Waals surface area contributed by atoms with Crippen LogP contribution in [0.3, 0.4) is 0 Å². The van der Waals surface area contributed by atoms with E-state index in [2.05, 4.69) is 17.3 Å². The molecule has 1 fully saturated rings. The Morgan fingerprint density at radius 2 is 2.26 bits per heavy atom. The smallest absolute Gasteiger partial charge is 0.323 e. The van der Waals surface area contributed by atoms with Crippen molar-refractivity contribution in [1.82, 2.24) is 10.2 Å². The number of nitrogens with one attached hydrogen (secondary N) is 1. The molecule has 1 rings (SSSR count). The van der Waals surface area contributed by atoms with Gasteiger partial charge in [0.25, 0.3) is 0 Å². The minimum Gasteiger partial charge on any atom is -0.480 e. The van der Waals surface area contributed by atoms with E-state index in [0.717, 1.165) is 25.8 Å². The van der Waals surface area contributed by atoms with Crippen molar-refractivity contribution in [2.45, 2.75) is 57.2 Å². The average molecular weight is 272 g/mol. The van der Waals surface area contributed by atoms with Gasteiger partial charge < -0.3 is 14.7 Å². The molecule has 0 heterocycles. The number of carboxylic acids is 1. The third-order valence-electron chi connectivity index (χ3n) is 3.97. The molecule has 112 valence electrons. The number of carboxylic acid groups (broad SMARTS) is 1. The van der Waals surface area contributed by atoms with Crippen LogP contribution in [0, 0.1) is 0 Å². The van der Waals surface area contributed by atoms with Gasteiger partial charge in [0, 0.05) is 25.7 Å². The summed E-state index contributed by atoms with van der Waals surface area (Å²) in [7, 11) is 3.74. The molecule has 5 nitrogen and oxygen atoms in total. The van der Waals surface area contributed by atoms with Crippen LogP contribution < -0.4 is 5.32 Å². The maximum Gasteiger partial charge on any atom is 0.323 e. The average Bonchev–Trinajstić information content (AvgIpc) is 2.35. The van der Waals surface area contributed by atoms with E-state index in [9.17, 15) is 9.90 Å². The molecule has 0 aromatic rings. The number of hydrogen-bond acceptors (Lipinski definition) is 4. The Morgan fingerprint density at radius 3 is 2.79 bits per heavy atom. The molecular formula is C14H28N2O3. The number of rotatable bonds is 7. The van der Waals surface area contributed by atoms with Crippen molar-refractivity contribution in [3.63, 3.8) is 0 Å². The predicted octanol–water partition coefficient (Wildman–Crippen LogP) is 1.33. The standard InChI is InChI=1S/C14H28N2O3/c1-11(2)15-14(13(17)18)7-5-6-12(10-14)16(3)8-9-19-4/h11-12,15H,5-10H2,1-4H3,(H,17,18). The third-order valence-corrected chi connectivity index (χ3v) is 3.97. The molecule has 1 saturated carbocycles. The van der Waals surface area contributed by atoms with Crippen molar-refractivity contribution in [3.05, 3.63) is 0 Å². The van der Waals surface area contributed by atoms with Gasteiger partial charge in [0.2, 0.25) is 0 Å². The summed E-state index contributed by atoms with van der Waals surface area (Å²) in [6.45, 7) is 5.54. The molecule has 19 heavy (non-hydrogen) atoms. The third kappa shape index (κ3) is 4.44. The Balaban J connectivity index is 2.71. The minimum absolute atomic E-state index is 0.180. The Bertz CT molecular complexity index is 296. The van der Waals surface area contributed by atoms with Gasteiger partial charge in [-0.05, 0) is 46.6 Å². The number of methoxy groups -OCH3 is 1. The number of ether oxygens (including phenoxy) is 1. The largest absolute Gasteiger partial charge is 0.480 e. The summed E-state index contributed by atoms with van der Waals surface area (Å²) in [6.07, 6.45) is 3.40. The highest BCUT2D eigenvalue weighted by atomic mass is 16.5. The molecule has 0 saturated heterocycles. The Hall–Kier alpha value is -0.650. The molecule has 5 heteroatoms. The highest BCUT2D eigenvalue weighted by Gasteiger charge is 2.43. The molecule has 2 atom stereocenters. The van der Waals surface area contributed by atoms with Crippen molar-refractivity contribution < 1.29 is 14.6 Å². The van der Waals surface area contributed by atoms with Crippen molar-refractivity contribution in [3.8, 4) is 0 Å². The lowest BCUT2D eigenvalue weighted by Crippen LogP contribution is -2.59. The molecular weight excluding hydrogens is 244 g/mol. The highest BCUT2D eigenvalue weighted by molar-refractivity contribution is 5.79. The maximum absolute atomic E-state index is 11.7. The van der Waals surface area contributed by atoms with Crippen LogP contribution >= 0.6 is 0 Å². The molecule has 0 aliphatic heterocycles. The highest BCUT2D eigenvalue weighted by Crippen LogP contribution is 2.31. The topological polar surface area (TPSA) is 61.8 Å². The van der Waals surface area contributed by atoms with Crippen LogP contribution in [-0.4, -0.2) is 60.9 Å². The second kappa shape index (κ2) is 7.22. The zero-order chi connectivity index (χ0) is 14.5. The fourth-order valence-corrected chi connectivity index (χ4v) is 2.98. The quantitative estimate of drug-likeness (QED) is 0.732. The summed E-state index contributed by atoms with van der Waals surface area (Å²) in [5.74, 6) is -0.717. The first-order valence-electron chi connectivity index (χ1n) is 7.11. The number of likely N-dealkylation sites (N-methyl/N-ethyl adjacent to an activating group) is 1. The summed E-state index contributed by atoms with van der Waals surface area (Å²) in [5, 5.41) is 12.9. The monoisotopic (exact) mass is 272 g/mol. The van der Waals surface area contributed by atoms with Crippen LogP contribution in [0.5, 0.6) is 0 Å². The number of hydrogen-bond donors (Lipinski definition) is 2. The van der Waals surface area contributed by atoms with Crippen molar-refractivity contribution in [1.29, 1.82) is 0 Å². The van der Waals surface area contributed by atoms with E-state index >= 15 is 0 Å². The molecule has 0 bridgehead atoms. The summed E-state index contributed by atoms with van der Waals surface area (Å²) in [5.41, 5.74) is -0.765. The molecule has 1 aliphatic rings. The SMILES string of the molecule is COCCN(C)C1CCCC(NC(C)C)(C(=O)O)C1. The van der Waals surface area contributed by atoms with Crippen molar-refractivity contribution >= 4 is 5.97 Å². The Morgan fingerprint density at radius 1 is 1.58 bits per heavy atom.